The molecule has 3 rings (SSSR count). The zero-order chi connectivity index (χ0) is 16.4. The second-order valence-corrected chi connectivity index (χ2v) is 6.21. The molecule has 0 radical (unpaired) electrons. The van der Waals surface area contributed by atoms with Crippen LogP contribution in [0.15, 0.2) is 48.5 Å². The van der Waals surface area contributed by atoms with Gasteiger partial charge >= 0.3 is 0 Å². The van der Waals surface area contributed by atoms with Crippen molar-refractivity contribution in [3.63, 3.8) is 0 Å². The lowest BCUT2D eigenvalue weighted by atomic mass is 9.97. The highest BCUT2D eigenvalue weighted by molar-refractivity contribution is 6.30. The standard InChI is InChI=1S/C20H20ClNO/c1-4-14(3)23-15-9-10-17-18(12-20(21)22-19(17)11-15)16-8-6-5-7-13(16)2/h5-12,14H,4H2,1-3H3. The Labute approximate surface area is 142 Å². The Morgan fingerprint density at radius 2 is 1.87 bits per heavy atom. The minimum atomic E-state index is 0.183. The second kappa shape index (κ2) is 6.59. The molecule has 118 valence electrons. The average Bonchev–Trinajstić information content (AvgIpc) is 2.54. The summed E-state index contributed by atoms with van der Waals surface area (Å²) < 4.78 is 5.90. The maximum absolute atomic E-state index is 6.26. The fourth-order valence-electron chi connectivity index (χ4n) is 2.66. The number of ether oxygens (including phenoxy) is 1. The van der Waals surface area contributed by atoms with Crippen molar-refractivity contribution < 1.29 is 4.74 Å². The summed E-state index contributed by atoms with van der Waals surface area (Å²) in [4.78, 5) is 4.47. The summed E-state index contributed by atoms with van der Waals surface area (Å²) >= 11 is 6.26. The van der Waals surface area contributed by atoms with Crippen LogP contribution in [0.3, 0.4) is 0 Å². The van der Waals surface area contributed by atoms with E-state index in [0.29, 0.717) is 5.15 Å². The van der Waals surface area contributed by atoms with Crippen LogP contribution in [0.5, 0.6) is 5.75 Å². The highest BCUT2D eigenvalue weighted by Crippen LogP contribution is 2.33. The first-order chi connectivity index (χ1) is 11.1. The van der Waals surface area contributed by atoms with Crippen molar-refractivity contribution in [2.45, 2.75) is 33.3 Å². The van der Waals surface area contributed by atoms with E-state index in [0.717, 1.165) is 28.6 Å². The summed E-state index contributed by atoms with van der Waals surface area (Å²) in [6.45, 7) is 6.28. The molecule has 23 heavy (non-hydrogen) atoms. The van der Waals surface area contributed by atoms with Gasteiger partial charge < -0.3 is 4.74 Å². The number of nitrogens with zero attached hydrogens (tertiary/aromatic N) is 1. The molecule has 0 amide bonds. The van der Waals surface area contributed by atoms with Gasteiger partial charge in [-0.05, 0) is 55.2 Å². The summed E-state index contributed by atoms with van der Waals surface area (Å²) in [5, 5.41) is 1.58. The molecule has 1 aromatic heterocycles. The van der Waals surface area contributed by atoms with Gasteiger partial charge in [0.25, 0.3) is 0 Å². The number of fused-ring (bicyclic) bond motifs is 1. The van der Waals surface area contributed by atoms with Gasteiger partial charge in [0.05, 0.1) is 11.6 Å². The smallest absolute Gasteiger partial charge is 0.130 e. The molecule has 0 aliphatic carbocycles. The molecule has 0 spiro atoms. The van der Waals surface area contributed by atoms with Crippen LogP contribution in [0, 0.1) is 6.92 Å². The number of aromatic nitrogens is 1. The van der Waals surface area contributed by atoms with Crippen molar-refractivity contribution in [3.8, 4) is 16.9 Å². The first-order valence-electron chi connectivity index (χ1n) is 7.91. The van der Waals surface area contributed by atoms with Gasteiger partial charge in [-0.2, -0.15) is 0 Å². The van der Waals surface area contributed by atoms with E-state index in [2.05, 4.69) is 44.0 Å². The van der Waals surface area contributed by atoms with Crippen LogP contribution < -0.4 is 4.74 Å². The Bertz CT molecular complexity index is 844. The number of hydrogen-bond acceptors (Lipinski definition) is 2. The molecule has 1 unspecified atom stereocenters. The predicted molar refractivity (Wildman–Crippen MR) is 97.3 cm³/mol. The van der Waals surface area contributed by atoms with Crippen molar-refractivity contribution in [1.82, 2.24) is 4.98 Å². The predicted octanol–water partition coefficient (Wildman–Crippen LogP) is 6.04. The molecule has 0 fully saturated rings. The van der Waals surface area contributed by atoms with Gasteiger partial charge in [-0.25, -0.2) is 4.98 Å². The van der Waals surface area contributed by atoms with Crippen molar-refractivity contribution in [3.05, 3.63) is 59.2 Å². The van der Waals surface area contributed by atoms with E-state index in [1.165, 1.54) is 11.1 Å². The molecular weight excluding hydrogens is 306 g/mol. The van der Waals surface area contributed by atoms with Crippen molar-refractivity contribution in [2.24, 2.45) is 0 Å². The van der Waals surface area contributed by atoms with Crippen LogP contribution in [0.4, 0.5) is 0 Å². The Balaban J connectivity index is 2.15. The van der Waals surface area contributed by atoms with Crippen molar-refractivity contribution >= 4 is 22.5 Å². The molecule has 0 aliphatic rings. The number of halogens is 1. The van der Waals surface area contributed by atoms with Crippen LogP contribution >= 0.6 is 11.6 Å². The maximum Gasteiger partial charge on any atom is 0.130 e. The number of pyridine rings is 1. The third kappa shape index (κ3) is 3.32. The van der Waals surface area contributed by atoms with E-state index in [-0.39, 0.29) is 6.10 Å². The van der Waals surface area contributed by atoms with E-state index in [1.807, 2.05) is 30.3 Å². The highest BCUT2D eigenvalue weighted by Gasteiger charge is 2.11. The monoisotopic (exact) mass is 325 g/mol. The second-order valence-electron chi connectivity index (χ2n) is 5.82. The third-order valence-corrected chi connectivity index (χ3v) is 4.29. The normalized spacial score (nSPS) is 12.3. The molecule has 0 N–H and O–H groups in total. The number of aryl methyl sites for hydroxylation is 1. The lowest BCUT2D eigenvalue weighted by molar-refractivity contribution is 0.217. The molecule has 3 heteroatoms. The lowest BCUT2D eigenvalue weighted by Crippen LogP contribution is -2.09. The first kappa shape index (κ1) is 15.8. The molecule has 1 atom stereocenters. The van der Waals surface area contributed by atoms with Gasteiger partial charge in [-0.1, -0.05) is 42.8 Å². The first-order valence-corrected chi connectivity index (χ1v) is 8.29. The number of benzene rings is 2. The van der Waals surface area contributed by atoms with Gasteiger partial charge in [0.1, 0.15) is 10.9 Å². The van der Waals surface area contributed by atoms with E-state index in [9.17, 15) is 0 Å². The molecule has 1 heterocycles. The Morgan fingerprint density at radius 1 is 1.09 bits per heavy atom. The van der Waals surface area contributed by atoms with Crippen LogP contribution in [0.2, 0.25) is 5.15 Å². The Morgan fingerprint density at radius 3 is 2.61 bits per heavy atom. The van der Waals surface area contributed by atoms with Gasteiger partial charge in [0, 0.05) is 11.5 Å². The maximum atomic E-state index is 6.26. The SMILES string of the molecule is CCC(C)Oc1ccc2c(-c3ccccc3C)cc(Cl)nc2c1. The van der Waals surface area contributed by atoms with E-state index in [1.54, 1.807) is 0 Å². The van der Waals surface area contributed by atoms with Crippen molar-refractivity contribution in [2.75, 3.05) is 0 Å². The third-order valence-electron chi connectivity index (χ3n) is 4.10. The topological polar surface area (TPSA) is 22.1 Å². The van der Waals surface area contributed by atoms with Gasteiger partial charge in [-0.3, -0.25) is 0 Å². The average molecular weight is 326 g/mol. The van der Waals surface area contributed by atoms with Crippen molar-refractivity contribution in [1.29, 1.82) is 0 Å². The number of hydrogen-bond donors (Lipinski definition) is 0. The molecule has 2 nitrogen and oxygen atoms in total. The summed E-state index contributed by atoms with van der Waals surface area (Å²) in [5.41, 5.74) is 4.36. The lowest BCUT2D eigenvalue weighted by Gasteiger charge is -2.14. The van der Waals surface area contributed by atoms with Gasteiger partial charge in [0.2, 0.25) is 0 Å². The molecule has 0 saturated carbocycles. The fraction of sp³-hybridized carbons (Fsp3) is 0.250. The summed E-state index contributed by atoms with van der Waals surface area (Å²) in [7, 11) is 0. The van der Waals surface area contributed by atoms with Gasteiger partial charge in [0.15, 0.2) is 0 Å². The Kier molecular flexibility index (Phi) is 4.53. The molecule has 0 saturated heterocycles. The van der Waals surface area contributed by atoms with E-state index >= 15 is 0 Å². The summed E-state index contributed by atoms with van der Waals surface area (Å²) in [6, 6.07) is 16.3. The van der Waals surface area contributed by atoms with Gasteiger partial charge in [-0.15, -0.1) is 0 Å². The Hall–Kier alpha value is -2.06. The number of rotatable bonds is 4. The van der Waals surface area contributed by atoms with E-state index in [4.69, 9.17) is 16.3 Å². The van der Waals surface area contributed by atoms with Crippen LogP contribution in [0.25, 0.3) is 22.0 Å². The van der Waals surface area contributed by atoms with Crippen LogP contribution in [-0.4, -0.2) is 11.1 Å². The van der Waals surface area contributed by atoms with Crippen LogP contribution in [-0.2, 0) is 0 Å². The fourth-order valence-corrected chi connectivity index (χ4v) is 2.86. The molecule has 0 bridgehead atoms. The minimum absolute atomic E-state index is 0.183. The minimum Gasteiger partial charge on any atom is -0.491 e. The highest BCUT2D eigenvalue weighted by atomic mass is 35.5. The zero-order valence-corrected chi connectivity index (χ0v) is 14.4. The summed E-state index contributed by atoms with van der Waals surface area (Å²) in [5.74, 6) is 0.831. The van der Waals surface area contributed by atoms with Crippen LogP contribution in [0.1, 0.15) is 25.8 Å². The van der Waals surface area contributed by atoms with E-state index < -0.39 is 0 Å². The zero-order valence-electron chi connectivity index (χ0n) is 13.6. The molecule has 2 aromatic carbocycles. The molecule has 3 aromatic rings. The largest absolute Gasteiger partial charge is 0.491 e. The molecule has 0 aliphatic heterocycles. The summed E-state index contributed by atoms with van der Waals surface area (Å²) in [6.07, 6.45) is 1.15. The quantitative estimate of drug-likeness (QED) is 0.545. The molecular formula is C20H20ClNO.